The van der Waals surface area contributed by atoms with Gasteiger partial charge in [0.15, 0.2) is 28.9 Å². The molecule has 0 bridgehead atoms. The highest BCUT2D eigenvalue weighted by Gasteiger charge is 2.26. The van der Waals surface area contributed by atoms with Gasteiger partial charge in [0.05, 0.1) is 17.2 Å². The van der Waals surface area contributed by atoms with E-state index in [1.54, 1.807) is 30.3 Å². The highest BCUT2D eigenvalue weighted by atomic mass is 19.2. The lowest BCUT2D eigenvalue weighted by atomic mass is 9.96. The van der Waals surface area contributed by atoms with Gasteiger partial charge in [0, 0.05) is 11.6 Å². The van der Waals surface area contributed by atoms with Gasteiger partial charge < -0.3 is 4.42 Å². The summed E-state index contributed by atoms with van der Waals surface area (Å²) in [6, 6.07) is 32.7. The number of hydrogen-bond acceptors (Lipinski definition) is 3. The lowest BCUT2D eigenvalue weighted by Gasteiger charge is -2.10. The van der Waals surface area contributed by atoms with Crippen LogP contribution in [0.1, 0.15) is 5.56 Å². The fraction of sp³-hybridized carbons (Fsp3) is 0. The van der Waals surface area contributed by atoms with Crippen LogP contribution >= 0.6 is 0 Å². The van der Waals surface area contributed by atoms with Crippen LogP contribution in [0.25, 0.3) is 66.7 Å². The largest absolute Gasteiger partial charge is 0.436 e. The van der Waals surface area contributed by atoms with Crippen LogP contribution in [0.2, 0.25) is 0 Å². The highest BCUT2D eigenvalue weighted by Crippen LogP contribution is 2.34. The molecule has 6 aromatic carbocycles. The van der Waals surface area contributed by atoms with Crippen molar-refractivity contribution in [3.05, 3.63) is 138 Å². The van der Waals surface area contributed by atoms with Crippen molar-refractivity contribution in [1.29, 1.82) is 5.26 Å². The van der Waals surface area contributed by atoms with E-state index in [4.69, 9.17) is 9.68 Å². The first-order valence-corrected chi connectivity index (χ1v) is 13.4. The van der Waals surface area contributed by atoms with Crippen LogP contribution in [0.4, 0.5) is 22.0 Å². The molecule has 7 aromatic rings. The molecular formula is C36H17F5N2O. The van der Waals surface area contributed by atoms with Crippen molar-refractivity contribution in [3.63, 3.8) is 0 Å². The molecular weight excluding hydrogens is 571 g/mol. The van der Waals surface area contributed by atoms with E-state index >= 15 is 0 Å². The Morgan fingerprint density at radius 1 is 0.500 bits per heavy atom. The molecule has 0 aliphatic heterocycles. The average Bonchev–Trinajstić information content (AvgIpc) is 3.50. The fourth-order valence-electron chi connectivity index (χ4n) is 5.22. The van der Waals surface area contributed by atoms with Gasteiger partial charge in [-0.2, -0.15) is 5.26 Å². The lowest BCUT2D eigenvalue weighted by molar-refractivity contribution is 0.381. The maximum atomic E-state index is 14.3. The zero-order valence-corrected chi connectivity index (χ0v) is 22.5. The predicted molar refractivity (Wildman–Crippen MR) is 158 cm³/mol. The number of benzene rings is 6. The van der Waals surface area contributed by atoms with Gasteiger partial charge in [-0.3, -0.25) is 0 Å². The summed E-state index contributed by atoms with van der Waals surface area (Å²) in [6.45, 7) is 0. The molecule has 0 N–H and O–H groups in total. The Kier molecular flexibility index (Phi) is 6.44. The molecule has 7 rings (SSSR count). The van der Waals surface area contributed by atoms with Crippen LogP contribution in [0, 0.1) is 40.4 Å². The molecule has 0 saturated heterocycles. The number of rotatable bonds is 4. The van der Waals surface area contributed by atoms with Crippen LogP contribution in [-0.2, 0) is 0 Å². The third-order valence-corrected chi connectivity index (χ3v) is 7.54. The van der Waals surface area contributed by atoms with Gasteiger partial charge in [-0.15, -0.1) is 0 Å². The topological polar surface area (TPSA) is 49.8 Å². The zero-order valence-electron chi connectivity index (χ0n) is 22.5. The Labute approximate surface area is 247 Å². The van der Waals surface area contributed by atoms with Gasteiger partial charge in [0.25, 0.3) is 0 Å². The van der Waals surface area contributed by atoms with Crippen LogP contribution in [-0.4, -0.2) is 4.98 Å². The van der Waals surface area contributed by atoms with Gasteiger partial charge >= 0.3 is 0 Å². The van der Waals surface area contributed by atoms with Crippen molar-refractivity contribution in [3.8, 4) is 50.9 Å². The summed E-state index contributed by atoms with van der Waals surface area (Å²) < 4.78 is 75.2. The SMILES string of the molecule is N#Cc1ccc2nc(-c3ccc(-c4ccc5cc(-c6ccc(-c7c(F)c(F)c(F)c(F)c7F)cc6)ccc5c4)cc3)oc2c1. The number of fused-ring (bicyclic) bond motifs is 2. The second-order valence-electron chi connectivity index (χ2n) is 10.2. The molecule has 0 atom stereocenters. The van der Waals surface area contributed by atoms with Crippen molar-refractivity contribution in [2.75, 3.05) is 0 Å². The monoisotopic (exact) mass is 588 g/mol. The second-order valence-corrected chi connectivity index (χ2v) is 10.2. The third kappa shape index (κ3) is 4.56. The van der Waals surface area contributed by atoms with Gasteiger partial charge in [-0.1, -0.05) is 60.7 Å². The van der Waals surface area contributed by atoms with Crippen LogP contribution in [0.5, 0.6) is 0 Å². The average molecular weight is 589 g/mol. The van der Waals surface area contributed by atoms with Gasteiger partial charge in [0.2, 0.25) is 11.7 Å². The lowest BCUT2D eigenvalue weighted by Crippen LogP contribution is -2.03. The fourth-order valence-corrected chi connectivity index (χ4v) is 5.22. The van der Waals surface area contributed by atoms with Gasteiger partial charge in [0.1, 0.15) is 5.52 Å². The first-order chi connectivity index (χ1) is 21.3. The molecule has 0 saturated carbocycles. The molecule has 0 amide bonds. The molecule has 0 spiro atoms. The smallest absolute Gasteiger partial charge is 0.227 e. The van der Waals surface area contributed by atoms with Crippen molar-refractivity contribution in [1.82, 2.24) is 4.98 Å². The number of aromatic nitrogens is 1. The Hall–Kier alpha value is -5.81. The van der Waals surface area contributed by atoms with Crippen LogP contribution in [0.3, 0.4) is 0 Å². The van der Waals surface area contributed by atoms with Gasteiger partial charge in [-0.25, -0.2) is 26.9 Å². The number of halogens is 5. The standard InChI is InChI=1S/C36H17F5N2O/c37-31-30(32(38)34(40)35(41)33(31)39)22-6-2-20(3-7-22)24-10-12-27-17-25(11-13-26(27)16-24)21-4-8-23(9-5-21)36-43-28-14-1-19(18-42)15-29(28)44-36/h1-17H. The molecule has 1 heterocycles. The van der Waals surface area contributed by atoms with E-state index in [-0.39, 0.29) is 5.56 Å². The summed E-state index contributed by atoms with van der Waals surface area (Å²) in [7, 11) is 0. The summed E-state index contributed by atoms with van der Waals surface area (Å²) in [5.41, 5.74) is 4.97. The maximum Gasteiger partial charge on any atom is 0.227 e. The van der Waals surface area contributed by atoms with Crippen molar-refractivity contribution < 1.29 is 26.4 Å². The number of oxazole rings is 1. The highest BCUT2D eigenvalue weighted by molar-refractivity contribution is 5.91. The van der Waals surface area contributed by atoms with E-state index in [1.165, 1.54) is 12.1 Å². The maximum absolute atomic E-state index is 14.3. The number of hydrogen-bond donors (Lipinski definition) is 0. The molecule has 44 heavy (non-hydrogen) atoms. The summed E-state index contributed by atoms with van der Waals surface area (Å²) in [4.78, 5) is 4.52. The zero-order chi connectivity index (χ0) is 30.5. The minimum absolute atomic E-state index is 0.123. The minimum atomic E-state index is -2.19. The van der Waals surface area contributed by atoms with Gasteiger partial charge in [-0.05, 0) is 75.0 Å². The summed E-state index contributed by atoms with van der Waals surface area (Å²) in [5, 5.41) is 11.1. The molecule has 0 aliphatic rings. The van der Waals surface area contributed by atoms with E-state index in [2.05, 4.69) is 17.1 Å². The molecule has 0 unspecified atom stereocenters. The Morgan fingerprint density at radius 2 is 0.977 bits per heavy atom. The van der Waals surface area contributed by atoms with Crippen LogP contribution < -0.4 is 0 Å². The van der Waals surface area contributed by atoms with Crippen molar-refractivity contribution in [2.45, 2.75) is 0 Å². The molecule has 212 valence electrons. The molecule has 0 aliphatic carbocycles. The molecule has 3 nitrogen and oxygen atoms in total. The normalized spacial score (nSPS) is 11.3. The van der Waals surface area contributed by atoms with E-state index in [1.807, 2.05) is 54.6 Å². The Balaban J connectivity index is 1.14. The number of nitrogens with zero attached hydrogens (tertiary/aromatic N) is 2. The van der Waals surface area contributed by atoms with E-state index < -0.39 is 34.6 Å². The first-order valence-electron chi connectivity index (χ1n) is 13.4. The third-order valence-electron chi connectivity index (χ3n) is 7.54. The summed E-state index contributed by atoms with van der Waals surface area (Å²) in [6.07, 6.45) is 0. The quantitative estimate of drug-likeness (QED) is 0.117. The Bertz CT molecular complexity index is 2260. The summed E-state index contributed by atoms with van der Waals surface area (Å²) in [5.74, 6) is -9.42. The van der Waals surface area contributed by atoms with Crippen molar-refractivity contribution >= 4 is 21.9 Å². The van der Waals surface area contributed by atoms with E-state index in [0.29, 0.717) is 28.1 Å². The Morgan fingerprint density at radius 3 is 1.52 bits per heavy atom. The molecule has 1 aromatic heterocycles. The molecule has 0 radical (unpaired) electrons. The summed E-state index contributed by atoms with van der Waals surface area (Å²) >= 11 is 0. The van der Waals surface area contributed by atoms with Crippen LogP contribution in [0.15, 0.2) is 108 Å². The number of nitriles is 1. The predicted octanol–water partition coefficient (Wildman–Crippen LogP) is 10.2. The first kappa shape index (κ1) is 27.0. The minimum Gasteiger partial charge on any atom is -0.436 e. The van der Waals surface area contributed by atoms with E-state index in [9.17, 15) is 22.0 Å². The van der Waals surface area contributed by atoms with E-state index in [0.717, 1.165) is 33.0 Å². The molecule has 8 heteroatoms. The van der Waals surface area contributed by atoms with Crippen molar-refractivity contribution in [2.24, 2.45) is 0 Å². The molecule has 0 fully saturated rings. The second kappa shape index (κ2) is 10.5.